The van der Waals surface area contributed by atoms with E-state index in [2.05, 4.69) is 0 Å². The molecule has 66 valence electrons. The van der Waals surface area contributed by atoms with Gasteiger partial charge < -0.3 is 10.8 Å². The summed E-state index contributed by atoms with van der Waals surface area (Å²) in [6, 6.07) is 3.33. The molecule has 1 aromatic rings. The van der Waals surface area contributed by atoms with E-state index in [-0.39, 0.29) is 5.75 Å². The normalized spacial score (nSPS) is 10.2. The Kier molecular flexibility index (Phi) is 2.65. The molecule has 0 bridgehead atoms. The van der Waals surface area contributed by atoms with Crippen molar-refractivity contribution in [3.63, 3.8) is 0 Å². The molecule has 0 aromatic heterocycles. The van der Waals surface area contributed by atoms with Crippen LogP contribution in [0.3, 0.4) is 0 Å². The van der Waals surface area contributed by atoms with Crippen LogP contribution in [0.5, 0.6) is 5.75 Å². The first-order valence-electron chi connectivity index (χ1n) is 3.84. The summed E-state index contributed by atoms with van der Waals surface area (Å²) >= 11 is 0. The van der Waals surface area contributed by atoms with Crippen molar-refractivity contribution in [2.75, 3.05) is 6.54 Å². The Balaban J connectivity index is 3.08. The van der Waals surface area contributed by atoms with Gasteiger partial charge in [-0.15, -0.1) is 0 Å². The quantitative estimate of drug-likeness (QED) is 0.701. The minimum atomic E-state index is -0.541. The Morgan fingerprint density at radius 3 is 2.75 bits per heavy atom. The molecule has 0 atom stereocenters. The van der Waals surface area contributed by atoms with Crippen molar-refractivity contribution in [1.82, 2.24) is 0 Å². The van der Waals surface area contributed by atoms with Crippen LogP contribution in [0, 0.1) is 12.7 Å². The summed E-state index contributed by atoms with van der Waals surface area (Å²) in [7, 11) is 0. The van der Waals surface area contributed by atoms with Crippen LogP contribution < -0.4 is 5.73 Å². The highest BCUT2D eigenvalue weighted by atomic mass is 19.1. The minimum Gasteiger partial charge on any atom is -0.505 e. The highest BCUT2D eigenvalue weighted by Gasteiger charge is 2.08. The van der Waals surface area contributed by atoms with Gasteiger partial charge in [0, 0.05) is 0 Å². The molecule has 1 rings (SSSR count). The molecule has 3 heteroatoms. The minimum absolute atomic E-state index is 0.263. The van der Waals surface area contributed by atoms with Crippen molar-refractivity contribution in [2.24, 2.45) is 5.73 Å². The number of aryl methyl sites for hydroxylation is 1. The highest BCUT2D eigenvalue weighted by Crippen LogP contribution is 2.23. The topological polar surface area (TPSA) is 46.2 Å². The van der Waals surface area contributed by atoms with Gasteiger partial charge in [0.1, 0.15) is 0 Å². The van der Waals surface area contributed by atoms with Crippen LogP contribution in [0.2, 0.25) is 0 Å². The van der Waals surface area contributed by atoms with E-state index in [0.717, 1.165) is 0 Å². The Hall–Kier alpha value is -1.09. The van der Waals surface area contributed by atoms with Crippen molar-refractivity contribution >= 4 is 0 Å². The molecule has 0 aliphatic carbocycles. The molecular formula is C9H12FNO. The molecule has 0 spiro atoms. The fraction of sp³-hybridized carbons (Fsp3) is 0.333. The van der Waals surface area contributed by atoms with Gasteiger partial charge in [-0.3, -0.25) is 0 Å². The van der Waals surface area contributed by atoms with Gasteiger partial charge >= 0.3 is 0 Å². The number of nitrogens with two attached hydrogens (primary N) is 1. The second kappa shape index (κ2) is 3.54. The van der Waals surface area contributed by atoms with Crippen LogP contribution in [0.4, 0.5) is 4.39 Å². The molecule has 0 saturated heterocycles. The lowest BCUT2D eigenvalue weighted by Gasteiger charge is -2.05. The number of phenolic OH excluding ortho intramolecular Hbond substituents is 1. The lowest BCUT2D eigenvalue weighted by molar-refractivity contribution is 0.424. The molecule has 12 heavy (non-hydrogen) atoms. The third-order valence-corrected chi connectivity index (χ3v) is 1.81. The van der Waals surface area contributed by atoms with E-state index in [1.54, 1.807) is 19.1 Å². The molecule has 0 radical (unpaired) electrons. The van der Waals surface area contributed by atoms with Gasteiger partial charge in [0.05, 0.1) is 0 Å². The van der Waals surface area contributed by atoms with Gasteiger partial charge in [0.2, 0.25) is 0 Å². The molecule has 0 aliphatic rings. The smallest absolute Gasteiger partial charge is 0.167 e. The fourth-order valence-corrected chi connectivity index (χ4v) is 1.06. The molecule has 0 aliphatic heterocycles. The first-order valence-corrected chi connectivity index (χ1v) is 3.84. The van der Waals surface area contributed by atoms with Crippen LogP contribution in [0.15, 0.2) is 12.1 Å². The van der Waals surface area contributed by atoms with Crippen molar-refractivity contribution in [1.29, 1.82) is 0 Å². The third-order valence-electron chi connectivity index (χ3n) is 1.81. The lowest BCUT2D eigenvalue weighted by atomic mass is 10.1. The monoisotopic (exact) mass is 169 g/mol. The number of hydrogen-bond acceptors (Lipinski definition) is 2. The van der Waals surface area contributed by atoms with Crippen LogP contribution in [0.25, 0.3) is 0 Å². The number of benzene rings is 1. The first kappa shape index (κ1) is 9.00. The number of halogens is 1. The molecular weight excluding hydrogens is 157 g/mol. The number of aromatic hydroxyl groups is 1. The van der Waals surface area contributed by atoms with Crippen molar-refractivity contribution in [2.45, 2.75) is 13.3 Å². The van der Waals surface area contributed by atoms with Gasteiger partial charge in [-0.05, 0) is 31.0 Å². The van der Waals surface area contributed by atoms with Crippen LogP contribution in [-0.2, 0) is 6.42 Å². The average Bonchev–Trinajstić information content (AvgIpc) is 2.07. The van der Waals surface area contributed by atoms with Crippen LogP contribution in [0.1, 0.15) is 11.1 Å². The summed E-state index contributed by atoms with van der Waals surface area (Å²) < 4.78 is 13.0. The molecule has 0 fully saturated rings. The van der Waals surface area contributed by atoms with E-state index in [1.165, 1.54) is 0 Å². The average molecular weight is 169 g/mol. The predicted octanol–water partition coefficient (Wildman–Crippen LogP) is 1.34. The zero-order chi connectivity index (χ0) is 9.14. The maximum atomic E-state index is 13.0. The molecule has 0 saturated carbocycles. The first-order chi connectivity index (χ1) is 5.66. The SMILES string of the molecule is Cc1ccc(CCN)c(O)c1F. The van der Waals surface area contributed by atoms with E-state index in [4.69, 9.17) is 5.73 Å². The summed E-state index contributed by atoms with van der Waals surface area (Å²) in [5.41, 5.74) is 6.31. The predicted molar refractivity (Wildman–Crippen MR) is 45.6 cm³/mol. The van der Waals surface area contributed by atoms with E-state index in [9.17, 15) is 9.50 Å². The van der Waals surface area contributed by atoms with Gasteiger partial charge in [-0.1, -0.05) is 12.1 Å². The van der Waals surface area contributed by atoms with E-state index < -0.39 is 5.82 Å². The molecule has 3 N–H and O–H groups in total. The Morgan fingerprint density at radius 1 is 1.50 bits per heavy atom. The van der Waals surface area contributed by atoms with Gasteiger partial charge in [-0.2, -0.15) is 0 Å². The van der Waals surface area contributed by atoms with Crippen molar-refractivity contribution < 1.29 is 9.50 Å². The summed E-state index contributed by atoms with van der Waals surface area (Å²) in [4.78, 5) is 0. The zero-order valence-electron chi connectivity index (χ0n) is 6.97. The largest absolute Gasteiger partial charge is 0.505 e. The van der Waals surface area contributed by atoms with E-state index in [0.29, 0.717) is 24.1 Å². The van der Waals surface area contributed by atoms with Gasteiger partial charge in [0.15, 0.2) is 11.6 Å². The van der Waals surface area contributed by atoms with Crippen molar-refractivity contribution in [3.05, 3.63) is 29.1 Å². The zero-order valence-corrected chi connectivity index (χ0v) is 6.97. The summed E-state index contributed by atoms with van der Waals surface area (Å²) in [6.45, 7) is 2.03. The van der Waals surface area contributed by atoms with E-state index in [1.807, 2.05) is 0 Å². The third kappa shape index (κ3) is 1.56. The van der Waals surface area contributed by atoms with E-state index >= 15 is 0 Å². The maximum Gasteiger partial charge on any atom is 0.167 e. The highest BCUT2D eigenvalue weighted by molar-refractivity contribution is 5.37. The standard InChI is InChI=1S/C9H12FNO/c1-6-2-3-7(4-5-11)9(12)8(6)10/h2-3,12H,4-5,11H2,1H3. The Morgan fingerprint density at radius 2 is 2.17 bits per heavy atom. The summed E-state index contributed by atoms with van der Waals surface area (Å²) in [6.07, 6.45) is 0.503. The second-order valence-corrected chi connectivity index (χ2v) is 2.74. The fourth-order valence-electron chi connectivity index (χ4n) is 1.06. The van der Waals surface area contributed by atoms with Crippen molar-refractivity contribution in [3.8, 4) is 5.75 Å². The number of rotatable bonds is 2. The number of hydrogen-bond donors (Lipinski definition) is 2. The molecule has 0 amide bonds. The van der Waals surface area contributed by atoms with Gasteiger partial charge in [-0.25, -0.2) is 4.39 Å². The Bertz CT molecular complexity index is 286. The lowest BCUT2D eigenvalue weighted by Crippen LogP contribution is -2.03. The summed E-state index contributed by atoms with van der Waals surface area (Å²) in [5.74, 6) is -0.804. The summed E-state index contributed by atoms with van der Waals surface area (Å²) in [5, 5.41) is 9.28. The number of phenols is 1. The molecule has 0 unspecified atom stereocenters. The second-order valence-electron chi connectivity index (χ2n) is 2.74. The Labute approximate surface area is 70.8 Å². The molecule has 1 aromatic carbocycles. The maximum absolute atomic E-state index is 13.0. The van der Waals surface area contributed by atoms with Gasteiger partial charge in [0.25, 0.3) is 0 Å². The molecule has 0 heterocycles. The van der Waals surface area contributed by atoms with Crippen LogP contribution >= 0.6 is 0 Å². The van der Waals surface area contributed by atoms with Crippen LogP contribution in [-0.4, -0.2) is 11.7 Å². The molecule has 2 nitrogen and oxygen atoms in total.